The summed E-state index contributed by atoms with van der Waals surface area (Å²) in [6.07, 6.45) is 3.86. The average molecular weight is 485 g/mol. The van der Waals surface area contributed by atoms with E-state index in [9.17, 15) is 4.79 Å². The lowest BCUT2D eigenvalue weighted by Crippen LogP contribution is -2.15. The second-order valence-corrected chi connectivity index (χ2v) is 6.83. The van der Waals surface area contributed by atoms with Crippen LogP contribution in [-0.4, -0.2) is 4.98 Å². The molecule has 0 unspecified atom stereocenters. The highest BCUT2D eigenvalue weighted by molar-refractivity contribution is 14.1. The summed E-state index contributed by atoms with van der Waals surface area (Å²) < 4.78 is 7.38. The summed E-state index contributed by atoms with van der Waals surface area (Å²) in [4.78, 5) is 14.8. The molecule has 1 heterocycles. The first-order chi connectivity index (χ1) is 11.0. The van der Waals surface area contributed by atoms with E-state index < -0.39 is 0 Å². The Morgan fingerprint density at radius 3 is 2.83 bits per heavy atom. The van der Waals surface area contributed by atoms with Gasteiger partial charge in [0.15, 0.2) is 5.75 Å². The van der Waals surface area contributed by atoms with Crippen molar-refractivity contribution in [2.45, 2.75) is 20.3 Å². The van der Waals surface area contributed by atoms with Gasteiger partial charge in [-0.15, -0.1) is 0 Å². The first-order valence-electron chi connectivity index (χ1n) is 6.92. The van der Waals surface area contributed by atoms with E-state index in [1.807, 2.05) is 60.7 Å². The third-order valence-electron chi connectivity index (χ3n) is 3.24. The molecule has 0 saturated heterocycles. The summed E-state index contributed by atoms with van der Waals surface area (Å²) in [5.41, 5.74) is 2.47. The van der Waals surface area contributed by atoms with E-state index in [-0.39, 0.29) is 5.56 Å². The van der Waals surface area contributed by atoms with Crippen molar-refractivity contribution in [1.82, 2.24) is 4.98 Å². The van der Waals surface area contributed by atoms with Crippen molar-refractivity contribution in [3.05, 3.63) is 59.5 Å². The van der Waals surface area contributed by atoms with Crippen LogP contribution in [0.5, 0.6) is 11.5 Å². The zero-order valence-corrected chi connectivity index (χ0v) is 16.4. The number of nitrogens with zero attached hydrogens (tertiary/aromatic N) is 1. The quantitative estimate of drug-likeness (QED) is 0.493. The summed E-state index contributed by atoms with van der Waals surface area (Å²) in [6.45, 7) is 3.89. The minimum atomic E-state index is -0.158. The van der Waals surface area contributed by atoms with Gasteiger partial charge in [0.1, 0.15) is 9.32 Å². The molecule has 0 atom stereocenters. The lowest BCUT2D eigenvalue weighted by Gasteiger charge is -2.14. The lowest BCUT2D eigenvalue weighted by molar-refractivity contribution is 0.470. The molecular weight excluding hydrogens is 471 g/mol. The molecule has 0 fully saturated rings. The van der Waals surface area contributed by atoms with E-state index in [1.54, 1.807) is 6.08 Å². The van der Waals surface area contributed by atoms with Gasteiger partial charge in [0.2, 0.25) is 0 Å². The fourth-order valence-electron chi connectivity index (χ4n) is 2.23. The monoisotopic (exact) mass is 484 g/mol. The molecular formula is C17H14BrIN2O2. The third kappa shape index (κ3) is 4.24. The van der Waals surface area contributed by atoms with E-state index in [1.165, 1.54) is 6.08 Å². The second-order valence-electron chi connectivity index (χ2n) is 4.84. The second kappa shape index (κ2) is 7.79. The Balaban J connectivity index is 2.52. The number of aromatic amines is 1. The third-order valence-corrected chi connectivity index (χ3v) is 4.68. The van der Waals surface area contributed by atoms with Gasteiger partial charge in [-0.25, -0.2) is 0 Å². The van der Waals surface area contributed by atoms with Crippen LogP contribution >= 0.6 is 38.5 Å². The maximum Gasteiger partial charge on any atom is 0.265 e. The van der Waals surface area contributed by atoms with Crippen molar-refractivity contribution in [2.75, 3.05) is 0 Å². The molecule has 0 saturated carbocycles. The molecule has 0 bridgehead atoms. The summed E-state index contributed by atoms with van der Waals surface area (Å²) in [6, 6.07) is 7.50. The van der Waals surface area contributed by atoms with Crippen molar-refractivity contribution in [3.8, 4) is 17.6 Å². The Morgan fingerprint density at radius 1 is 1.43 bits per heavy atom. The number of allylic oxidation sites excluding steroid dienone is 1. The highest BCUT2D eigenvalue weighted by atomic mass is 127. The van der Waals surface area contributed by atoms with Gasteiger partial charge in [-0.3, -0.25) is 4.79 Å². The number of hydrogen-bond acceptors (Lipinski definition) is 3. The van der Waals surface area contributed by atoms with Crippen LogP contribution in [-0.2, 0) is 6.42 Å². The summed E-state index contributed by atoms with van der Waals surface area (Å²) in [7, 11) is 0. The van der Waals surface area contributed by atoms with Crippen LogP contribution in [0.1, 0.15) is 23.7 Å². The normalized spacial score (nSPS) is 10.7. The van der Waals surface area contributed by atoms with Gasteiger partial charge in [-0.2, -0.15) is 5.26 Å². The molecule has 118 valence electrons. The standard InChI is InChI=1S/C17H14BrIN2O2/c1-3-14-10(2)21-17(22)15(19)16(14)23-13-8-11(5-4-6-20)7-12(18)9-13/h4-5,7-9H,3H2,1-2H3,(H,21,22). The largest absolute Gasteiger partial charge is 0.456 e. The number of pyridine rings is 1. The molecule has 1 aromatic heterocycles. The number of aromatic nitrogens is 1. The molecule has 0 aliphatic rings. The molecule has 6 heteroatoms. The molecule has 0 spiro atoms. The molecule has 0 aliphatic carbocycles. The van der Waals surface area contributed by atoms with Crippen LogP contribution in [0.25, 0.3) is 6.08 Å². The molecule has 1 aromatic carbocycles. The zero-order chi connectivity index (χ0) is 17.0. The predicted octanol–water partition coefficient (Wildman–Crippen LogP) is 4.94. The van der Waals surface area contributed by atoms with Crippen molar-refractivity contribution in [1.29, 1.82) is 5.26 Å². The minimum absolute atomic E-state index is 0.158. The van der Waals surface area contributed by atoms with Crippen LogP contribution in [0.2, 0.25) is 0 Å². The molecule has 0 amide bonds. The van der Waals surface area contributed by atoms with Gasteiger partial charge >= 0.3 is 0 Å². The summed E-state index contributed by atoms with van der Waals surface area (Å²) in [5, 5.41) is 8.65. The fraction of sp³-hybridized carbons (Fsp3) is 0.176. The first-order valence-corrected chi connectivity index (χ1v) is 8.79. The predicted molar refractivity (Wildman–Crippen MR) is 103 cm³/mol. The molecule has 1 N–H and O–H groups in total. The summed E-state index contributed by atoms with van der Waals surface area (Å²) >= 11 is 5.43. The Labute approximate surface area is 156 Å². The maximum absolute atomic E-state index is 12.0. The number of benzene rings is 1. The minimum Gasteiger partial charge on any atom is -0.456 e. The van der Waals surface area contributed by atoms with E-state index in [2.05, 4.69) is 20.9 Å². The van der Waals surface area contributed by atoms with Gasteiger partial charge in [-0.05, 0) is 65.8 Å². The number of rotatable bonds is 4. The number of hydrogen-bond donors (Lipinski definition) is 1. The Kier molecular flexibility index (Phi) is 6.02. The lowest BCUT2D eigenvalue weighted by atomic mass is 10.1. The molecule has 2 aromatic rings. The van der Waals surface area contributed by atoms with Gasteiger partial charge in [-0.1, -0.05) is 22.9 Å². The van der Waals surface area contributed by atoms with Gasteiger partial charge in [0.25, 0.3) is 5.56 Å². The Morgan fingerprint density at radius 2 is 2.17 bits per heavy atom. The van der Waals surface area contributed by atoms with E-state index in [4.69, 9.17) is 10.00 Å². The number of nitrogens with one attached hydrogen (secondary N) is 1. The molecule has 0 aliphatic heterocycles. The van der Waals surface area contributed by atoms with Crippen LogP contribution in [0, 0.1) is 21.8 Å². The fourth-order valence-corrected chi connectivity index (χ4v) is 3.29. The topological polar surface area (TPSA) is 65.9 Å². The van der Waals surface area contributed by atoms with Crippen LogP contribution < -0.4 is 10.3 Å². The molecule has 4 nitrogen and oxygen atoms in total. The van der Waals surface area contributed by atoms with Gasteiger partial charge in [0.05, 0.1) is 6.07 Å². The van der Waals surface area contributed by atoms with Crippen molar-refractivity contribution >= 4 is 44.6 Å². The van der Waals surface area contributed by atoms with E-state index >= 15 is 0 Å². The number of nitriles is 1. The van der Waals surface area contributed by atoms with E-state index in [0.29, 0.717) is 15.1 Å². The first kappa shape index (κ1) is 17.8. The Bertz CT molecular complexity index is 866. The highest BCUT2D eigenvalue weighted by Crippen LogP contribution is 2.32. The molecule has 2 rings (SSSR count). The zero-order valence-electron chi connectivity index (χ0n) is 12.6. The van der Waals surface area contributed by atoms with Crippen molar-refractivity contribution in [3.63, 3.8) is 0 Å². The SMILES string of the molecule is CCc1c(C)[nH]c(=O)c(I)c1Oc1cc(Br)cc(C=CC#N)c1. The maximum atomic E-state index is 12.0. The van der Waals surface area contributed by atoms with Gasteiger partial charge < -0.3 is 9.72 Å². The number of aryl methyl sites for hydroxylation is 1. The van der Waals surface area contributed by atoms with Crippen LogP contribution in [0.15, 0.2) is 33.5 Å². The Hall–Kier alpha value is -1.59. The highest BCUT2D eigenvalue weighted by Gasteiger charge is 2.15. The van der Waals surface area contributed by atoms with Gasteiger partial charge in [0, 0.05) is 21.8 Å². The van der Waals surface area contributed by atoms with E-state index in [0.717, 1.165) is 27.7 Å². The van der Waals surface area contributed by atoms with Crippen LogP contribution in [0.4, 0.5) is 0 Å². The average Bonchev–Trinajstić information content (AvgIpc) is 2.50. The van der Waals surface area contributed by atoms with Crippen LogP contribution in [0.3, 0.4) is 0 Å². The summed E-state index contributed by atoms with van der Waals surface area (Å²) in [5.74, 6) is 1.19. The number of ether oxygens (including phenoxy) is 1. The smallest absolute Gasteiger partial charge is 0.265 e. The number of halogens is 2. The molecule has 0 radical (unpaired) electrons. The van der Waals surface area contributed by atoms with Crippen molar-refractivity contribution < 1.29 is 4.74 Å². The molecule has 23 heavy (non-hydrogen) atoms. The number of H-pyrrole nitrogens is 1. The van der Waals surface area contributed by atoms with Crippen molar-refractivity contribution in [2.24, 2.45) is 0 Å².